The predicted molar refractivity (Wildman–Crippen MR) is 71.0 cm³/mol. The monoisotopic (exact) mass is 269 g/mol. The summed E-state index contributed by atoms with van der Waals surface area (Å²) in [6.07, 6.45) is 4.27. The first kappa shape index (κ1) is 13.3. The number of sulfonamides is 1. The van der Waals surface area contributed by atoms with Crippen LogP contribution in [0.4, 0.5) is 5.82 Å². The van der Waals surface area contributed by atoms with E-state index in [0.717, 1.165) is 25.8 Å². The van der Waals surface area contributed by atoms with Crippen LogP contribution in [0.3, 0.4) is 0 Å². The summed E-state index contributed by atoms with van der Waals surface area (Å²) in [6.45, 7) is 4.66. The first-order valence-corrected chi connectivity index (χ1v) is 7.67. The van der Waals surface area contributed by atoms with E-state index in [2.05, 4.69) is 15.0 Å². The maximum atomic E-state index is 12.1. The summed E-state index contributed by atoms with van der Waals surface area (Å²) < 4.78 is 27.0. The van der Waals surface area contributed by atoms with Gasteiger partial charge in [0.1, 0.15) is 10.7 Å². The van der Waals surface area contributed by atoms with Gasteiger partial charge in [-0.2, -0.15) is 0 Å². The van der Waals surface area contributed by atoms with Gasteiger partial charge < -0.3 is 5.32 Å². The van der Waals surface area contributed by atoms with Crippen molar-refractivity contribution in [1.29, 1.82) is 0 Å². The molecule has 1 aliphatic rings. The predicted octanol–water partition coefficient (Wildman–Crippen LogP) is 1.73. The van der Waals surface area contributed by atoms with Crippen molar-refractivity contribution in [2.75, 3.05) is 11.9 Å². The Morgan fingerprint density at radius 3 is 2.56 bits per heavy atom. The van der Waals surface area contributed by atoms with E-state index in [0.29, 0.717) is 5.82 Å². The molecule has 1 saturated carbocycles. The molecule has 1 heterocycles. The molecule has 0 aromatic carbocycles. The molecule has 0 amide bonds. The summed E-state index contributed by atoms with van der Waals surface area (Å²) in [5, 5.41) is 3.03. The molecule has 0 unspecified atom stereocenters. The topological polar surface area (TPSA) is 71.1 Å². The summed E-state index contributed by atoms with van der Waals surface area (Å²) in [5.74, 6) is 0.686. The van der Waals surface area contributed by atoms with Gasteiger partial charge in [0, 0.05) is 18.3 Å². The highest BCUT2D eigenvalue weighted by atomic mass is 32.2. The minimum absolute atomic E-state index is 0.220. The van der Waals surface area contributed by atoms with Crippen LogP contribution in [0.2, 0.25) is 0 Å². The van der Waals surface area contributed by atoms with Gasteiger partial charge in [-0.05, 0) is 45.2 Å². The van der Waals surface area contributed by atoms with Crippen molar-refractivity contribution in [3.8, 4) is 0 Å². The van der Waals surface area contributed by atoms with E-state index >= 15 is 0 Å². The summed E-state index contributed by atoms with van der Waals surface area (Å²) in [5.41, 5.74) is -0.279. The Labute approximate surface area is 108 Å². The summed E-state index contributed by atoms with van der Waals surface area (Å²) in [4.78, 5) is 4.30. The molecular weight excluding hydrogens is 250 g/mol. The van der Waals surface area contributed by atoms with Crippen LogP contribution in [-0.2, 0) is 10.0 Å². The summed E-state index contributed by atoms with van der Waals surface area (Å²) >= 11 is 0. The van der Waals surface area contributed by atoms with Gasteiger partial charge in [0.05, 0.1) is 0 Å². The van der Waals surface area contributed by atoms with Crippen LogP contribution in [0.5, 0.6) is 0 Å². The van der Waals surface area contributed by atoms with Crippen LogP contribution >= 0.6 is 0 Å². The average molecular weight is 269 g/mol. The van der Waals surface area contributed by atoms with Gasteiger partial charge in [0.15, 0.2) is 0 Å². The summed E-state index contributed by atoms with van der Waals surface area (Å²) in [6, 6.07) is 3.26. The quantitative estimate of drug-likeness (QED) is 0.854. The number of anilines is 1. The number of pyridine rings is 1. The number of nitrogens with one attached hydrogen (secondary N) is 2. The van der Waals surface area contributed by atoms with Crippen LogP contribution in [0, 0.1) is 0 Å². The molecule has 1 fully saturated rings. The lowest BCUT2D eigenvalue weighted by molar-refractivity contribution is 0.248. The Balaban J connectivity index is 2.14. The van der Waals surface area contributed by atoms with E-state index in [4.69, 9.17) is 0 Å². The highest BCUT2D eigenvalue weighted by molar-refractivity contribution is 7.89. The molecule has 0 spiro atoms. The average Bonchev–Trinajstić information content (AvgIpc) is 2.28. The molecule has 0 radical (unpaired) electrons. The van der Waals surface area contributed by atoms with E-state index in [1.54, 1.807) is 12.1 Å². The molecule has 1 aromatic rings. The van der Waals surface area contributed by atoms with Crippen LogP contribution in [0.15, 0.2) is 23.2 Å². The van der Waals surface area contributed by atoms with E-state index in [1.807, 2.05) is 13.8 Å². The molecule has 6 heteroatoms. The van der Waals surface area contributed by atoms with Crippen molar-refractivity contribution < 1.29 is 8.42 Å². The van der Waals surface area contributed by atoms with Gasteiger partial charge in [0.25, 0.3) is 0 Å². The van der Waals surface area contributed by atoms with Gasteiger partial charge in [0.2, 0.25) is 10.0 Å². The van der Waals surface area contributed by atoms with Gasteiger partial charge in [-0.15, -0.1) is 0 Å². The molecule has 0 bridgehead atoms. The fourth-order valence-electron chi connectivity index (χ4n) is 2.02. The SMILES string of the molecule is CCNc1ccc(S(=O)(=O)NC2(C)CCC2)cn1. The molecule has 0 atom stereocenters. The summed E-state index contributed by atoms with van der Waals surface area (Å²) in [7, 11) is -3.45. The lowest BCUT2D eigenvalue weighted by atomic mass is 9.80. The highest BCUT2D eigenvalue weighted by Crippen LogP contribution is 2.32. The molecule has 5 nitrogen and oxygen atoms in total. The molecule has 0 saturated heterocycles. The van der Waals surface area contributed by atoms with E-state index in [1.165, 1.54) is 6.20 Å². The second-order valence-corrected chi connectivity index (χ2v) is 6.61. The number of rotatable bonds is 5. The maximum absolute atomic E-state index is 12.1. The number of hydrogen-bond donors (Lipinski definition) is 2. The van der Waals surface area contributed by atoms with Crippen molar-refractivity contribution in [3.05, 3.63) is 18.3 Å². The van der Waals surface area contributed by atoms with E-state index in [9.17, 15) is 8.42 Å². The minimum atomic E-state index is -3.45. The standard InChI is InChI=1S/C12H19N3O2S/c1-3-13-11-6-5-10(9-14-11)18(16,17)15-12(2)7-4-8-12/h5-6,9,15H,3-4,7-8H2,1-2H3,(H,13,14). The van der Waals surface area contributed by atoms with Crippen LogP contribution in [0.25, 0.3) is 0 Å². The zero-order chi connectivity index (χ0) is 13.2. The fraction of sp³-hybridized carbons (Fsp3) is 0.583. The smallest absolute Gasteiger partial charge is 0.242 e. The molecular formula is C12H19N3O2S. The molecule has 100 valence electrons. The largest absolute Gasteiger partial charge is 0.370 e. The van der Waals surface area contributed by atoms with Crippen molar-refractivity contribution in [2.24, 2.45) is 0 Å². The lowest BCUT2D eigenvalue weighted by Crippen LogP contribution is -2.50. The third-order valence-electron chi connectivity index (χ3n) is 3.24. The van der Waals surface area contributed by atoms with Crippen LogP contribution in [0.1, 0.15) is 33.1 Å². The second kappa shape index (κ2) is 4.85. The Morgan fingerprint density at radius 1 is 1.39 bits per heavy atom. The van der Waals surface area contributed by atoms with Gasteiger partial charge in [-0.25, -0.2) is 18.1 Å². The van der Waals surface area contributed by atoms with Crippen molar-refractivity contribution >= 4 is 15.8 Å². The van der Waals surface area contributed by atoms with Crippen molar-refractivity contribution in [2.45, 2.75) is 43.5 Å². The molecule has 1 aromatic heterocycles. The first-order valence-electron chi connectivity index (χ1n) is 6.19. The molecule has 18 heavy (non-hydrogen) atoms. The van der Waals surface area contributed by atoms with Gasteiger partial charge in [-0.1, -0.05) is 0 Å². The third-order valence-corrected chi connectivity index (χ3v) is 4.87. The van der Waals surface area contributed by atoms with E-state index in [-0.39, 0.29) is 10.4 Å². The first-order chi connectivity index (χ1) is 8.45. The molecule has 1 aliphatic carbocycles. The van der Waals surface area contributed by atoms with Gasteiger partial charge in [-0.3, -0.25) is 0 Å². The number of aromatic nitrogens is 1. The third kappa shape index (κ3) is 2.81. The van der Waals surface area contributed by atoms with Crippen LogP contribution in [-0.4, -0.2) is 25.5 Å². The zero-order valence-electron chi connectivity index (χ0n) is 10.7. The molecule has 0 aliphatic heterocycles. The normalized spacial score (nSPS) is 18.1. The lowest BCUT2D eigenvalue weighted by Gasteiger charge is -2.38. The van der Waals surface area contributed by atoms with E-state index < -0.39 is 10.0 Å². The number of hydrogen-bond acceptors (Lipinski definition) is 4. The highest BCUT2D eigenvalue weighted by Gasteiger charge is 2.36. The Morgan fingerprint density at radius 2 is 2.11 bits per heavy atom. The minimum Gasteiger partial charge on any atom is -0.370 e. The molecule has 2 rings (SSSR count). The van der Waals surface area contributed by atoms with Crippen molar-refractivity contribution in [3.63, 3.8) is 0 Å². The molecule has 2 N–H and O–H groups in total. The Bertz CT molecular complexity index is 507. The Kier molecular flexibility index (Phi) is 3.59. The second-order valence-electron chi connectivity index (χ2n) is 4.93. The van der Waals surface area contributed by atoms with Crippen molar-refractivity contribution in [1.82, 2.24) is 9.71 Å². The van der Waals surface area contributed by atoms with Crippen LogP contribution < -0.4 is 10.0 Å². The van der Waals surface area contributed by atoms with Gasteiger partial charge >= 0.3 is 0 Å². The number of nitrogens with zero attached hydrogens (tertiary/aromatic N) is 1. The zero-order valence-corrected chi connectivity index (χ0v) is 11.5. The maximum Gasteiger partial charge on any atom is 0.242 e. The fourth-order valence-corrected chi connectivity index (χ4v) is 3.43. The Hall–Kier alpha value is -1.14.